The minimum Gasteiger partial charge on any atom is -0.481 e. The Bertz CT molecular complexity index is 1920. The molecule has 218 valence electrons. The number of rotatable bonds is 7. The Balaban J connectivity index is 1.45. The first kappa shape index (κ1) is 29.7. The third-order valence-corrected chi connectivity index (χ3v) is 6.60. The van der Waals surface area contributed by atoms with Crippen molar-refractivity contribution >= 4 is 51.9 Å². The maximum atomic E-state index is 13.8. The molecule has 0 radical (unpaired) electrons. The normalized spacial score (nSPS) is 11.7. The smallest absolute Gasteiger partial charge is 0.416 e. The van der Waals surface area contributed by atoms with Crippen molar-refractivity contribution in [3.05, 3.63) is 122 Å². The van der Waals surface area contributed by atoms with Crippen LogP contribution in [0, 0.1) is 5.82 Å². The molecule has 43 heavy (non-hydrogen) atoms. The molecule has 0 aliphatic rings. The van der Waals surface area contributed by atoms with Gasteiger partial charge in [-0.3, -0.25) is 9.59 Å². The quantitative estimate of drug-likeness (QED) is 0.150. The topological polar surface area (TPSA) is 85.6 Å². The first-order chi connectivity index (χ1) is 20.5. The monoisotopic (exact) mass is 628 g/mol. The Morgan fingerprint density at radius 2 is 1.67 bits per heavy atom. The SMILES string of the molecule is O=C(COc1c(Cl)cc(C=Nn2c(-c3cccc(C(F)(F)F)c3)nc3ccccc3c2=O)cc1Cl)Nc1ccccc1F. The lowest BCUT2D eigenvalue weighted by Gasteiger charge is -2.12. The van der Waals surface area contributed by atoms with Crippen molar-refractivity contribution in [3.8, 4) is 17.1 Å². The second kappa shape index (κ2) is 12.2. The van der Waals surface area contributed by atoms with Gasteiger partial charge in [-0.25, -0.2) is 9.37 Å². The van der Waals surface area contributed by atoms with Crippen LogP contribution in [0.25, 0.3) is 22.3 Å². The van der Waals surface area contributed by atoms with Gasteiger partial charge in [0.05, 0.1) is 38.4 Å². The summed E-state index contributed by atoms with van der Waals surface area (Å²) in [6.45, 7) is -0.528. The van der Waals surface area contributed by atoms with Gasteiger partial charge < -0.3 is 10.1 Å². The zero-order valence-corrected chi connectivity index (χ0v) is 23.2. The van der Waals surface area contributed by atoms with Gasteiger partial charge in [-0.2, -0.15) is 22.9 Å². The van der Waals surface area contributed by atoms with Crippen LogP contribution >= 0.6 is 23.2 Å². The second-order valence-electron chi connectivity index (χ2n) is 9.02. The van der Waals surface area contributed by atoms with Crippen molar-refractivity contribution in [1.82, 2.24) is 9.66 Å². The van der Waals surface area contributed by atoms with E-state index in [4.69, 9.17) is 27.9 Å². The van der Waals surface area contributed by atoms with Crippen LogP contribution in [0.4, 0.5) is 23.2 Å². The summed E-state index contributed by atoms with van der Waals surface area (Å²) in [5.41, 5.74) is -0.968. The number of hydrogen-bond acceptors (Lipinski definition) is 5. The summed E-state index contributed by atoms with van der Waals surface area (Å²) in [5.74, 6) is -1.43. The summed E-state index contributed by atoms with van der Waals surface area (Å²) in [4.78, 5) is 30.0. The molecule has 13 heteroatoms. The molecule has 4 aromatic carbocycles. The van der Waals surface area contributed by atoms with Gasteiger partial charge in [-0.05, 0) is 54.1 Å². The number of alkyl halides is 3. The fourth-order valence-electron chi connectivity index (χ4n) is 4.06. The Labute approximate surface area is 251 Å². The van der Waals surface area contributed by atoms with E-state index in [2.05, 4.69) is 15.4 Å². The highest BCUT2D eigenvalue weighted by Crippen LogP contribution is 2.34. The van der Waals surface area contributed by atoms with Gasteiger partial charge in [-0.1, -0.05) is 59.6 Å². The van der Waals surface area contributed by atoms with Crippen LogP contribution in [0.3, 0.4) is 0 Å². The average Bonchev–Trinajstić information content (AvgIpc) is 2.97. The highest BCUT2D eigenvalue weighted by Gasteiger charge is 2.31. The van der Waals surface area contributed by atoms with Crippen LogP contribution < -0.4 is 15.6 Å². The maximum absolute atomic E-state index is 13.8. The molecule has 0 atom stereocenters. The number of amides is 1. The number of carbonyl (C=O) groups excluding carboxylic acids is 1. The van der Waals surface area contributed by atoms with E-state index in [0.29, 0.717) is 5.56 Å². The number of anilines is 1. The number of carbonyl (C=O) groups is 1. The Morgan fingerprint density at radius 1 is 0.977 bits per heavy atom. The van der Waals surface area contributed by atoms with Crippen LogP contribution in [0.5, 0.6) is 5.75 Å². The molecule has 0 saturated carbocycles. The molecule has 5 aromatic rings. The number of aromatic nitrogens is 2. The Morgan fingerprint density at radius 3 is 2.40 bits per heavy atom. The molecule has 0 spiro atoms. The molecular formula is C30H18Cl2F4N4O3. The number of fused-ring (bicyclic) bond motifs is 1. The number of nitrogens with zero attached hydrogens (tertiary/aromatic N) is 3. The maximum Gasteiger partial charge on any atom is 0.416 e. The van der Waals surface area contributed by atoms with E-state index >= 15 is 0 Å². The lowest BCUT2D eigenvalue weighted by atomic mass is 10.1. The number of para-hydroxylation sites is 2. The largest absolute Gasteiger partial charge is 0.481 e. The summed E-state index contributed by atoms with van der Waals surface area (Å²) in [5, 5.41) is 6.77. The predicted molar refractivity (Wildman–Crippen MR) is 156 cm³/mol. The van der Waals surface area contributed by atoms with Crippen molar-refractivity contribution in [2.75, 3.05) is 11.9 Å². The van der Waals surface area contributed by atoms with Crippen molar-refractivity contribution in [1.29, 1.82) is 0 Å². The minimum atomic E-state index is -4.61. The van der Waals surface area contributed by atoms with Gasteiger partial charge >= 0.3 is 6.18 Å². The summed E-state index contributed by atoms with van der Waals surface area (Å²) < 4.78 is 60.4. The zero-order chi connectivity index (χ0) is 30.7. The fourth-order valence-corrected chi connectivity index (χ4v) is 4.67. The van der Waals surface area contributed by atoms with Gasteiger partial charge in [0.1, 0.15) is 5.82 Å². The number of hydrogen-bond donors (Lipinski definition) is 1. The van der Waals surface area contributed by atoms with E-state index in [9.17, 15) is 27.2 Å². The number of benzene rings is 4. The molecule has 1 amide bonds. The molecule has 1 heterocycles. The highest BCUT2D eigenvalue weighted by atomic mass is 35.5. The highest BCUT2D eigenvalue weighted by molar-refractivity contribution is 6.37. The summed E-state index contributed by atoms with van der Waals surface area (Å²) in [6.07, 6.45) is -3.39. The molecule has 0 aliphatic carbocycles. The van der Waals surface area contributed by atoms with Crippen LogP contribution in [0.1, 0.15) is 11.1 Å². The lowest BCUT2D eigenvalue weighted by Crippen LogP contribution is -2.21. The van der Waals surface area contributed by atoms with Crippen molar-refractivity contribution in [2.45, 2.75) is 6.18 Å². The minimum absolute atomic E-state index is 0.00488. The van der Waals surface area contributed by atoms with E-state index in [0.717, 1.165) is 16.8 Å². The van der Waals surface area contributed by atoms with Crippen LogP contribution in [-0.4, -0.2) is 28.4 Å². The van der Waals surface area contributed by atoms with Gasteiger partial charge in [-0.15, -0.1) is 0 Å². The molecule has 1 N–H and O–H groups in total. The van der Waals surface area contributed by atoms with E-state index in [1.54, 1.807) is 24.3 Å². The van der Waals surface area contributed by atoms with E-state index in [1.807, 2.05) is 0 Å². The van der Waals surface area contributed by atoms with Crippen LogP contribution in [-0.2, 0) is 11.0 Å². The standard InChI is InChI=1S/C30H18Cl2F4N4O3/c31-21-12-17(13-22(32)27(21)43-16-26(41)38-25-11-4-2-9-23(25)33)15-37-40-28(18-6-5-7-19(14-18)30(34,35)36)39-24-10-3-1-8-20(24)29(40)42/h1-15H,16H2,(H,38,41). The molecule has 0 aliphatic heterocycles. The van der Waals surface area contributed by atoms with Gasteiger partial charge in [0.25, 0.3) is 11.5 Å². The Hall–Kier alpha value is -4.74. The average molecular weight is 629 g/mol. The fraction of sp³-hybridized carbons (Fsp3) is 0.0667. The third-order valence-electron chi connectivity index (χ3n) is 6.04. The van der Waals surface area contributed by atoms with E-state index in [-0.39, 0.29) is 43.8 Å². The molecule has 1 aromatic heterocycles. The summed E-state index contributed by atoms with van der Waals surface area (Å²) in [7, 11) is 0. The second-order valence-corrected chi connectivity index (χ2v) is 9.84. The third kappa shape index (κ3) is 6.68. The first-order valence-electron chi connectivity index (χ1n) is 12.4. The summed E-state index contributed by atoms with van der Waals surface area (Å²) >= 11 is 12.7. The van der Waals surface area contributed by atoms with E-state index in [1.165, 1.54) is 54.7 Å². The predicted octanol–water partition coefficient (Wildman–Crippen LogP) is 7.43. The molecule has 0 bridgehead atoms. The molecular weight excluding hydrogens is 611 g/mol. The molecule has 0 unspecified atom stereocenters. The number of nitrogens with one attached hydrogen (secondary N) is 1. The van der Waals surface area contributed by atoms with Crippen molar-refractivity contribution < 1.29 is 27.1 Å². The number of ether oxygens (including phenoxy) is 1. The molecule has 5 rings (SSSR count). The van der Waals surface area contributed by atoms with Crippen molar-refractivity contribution in [3.63, 3.8) is 0 Å². The molecule has 0 saturated heterocycles. The first-order valence-corrected chi connectivity index (χ1v) is 13.2. The lowest BCUT2D eigenvalue weighted by molar-refractivity contribution is -0.137. The number of halogens is 6. The van der Waals surface area contributed by atoms with Crippen molar-refractivity contribution in [2.24, 2.45) is 5.10 Å². The van der Waals surface area contributed by atoms with Crippen LogP contribution in [0.15, 0.2) is 94.8 Å². The van der Waals surface area contributed by atoms with Gasteiger partial charge in [0, 0.05) is 5.56 Å². The molecule has 7 nitrogen and oxygen atoms in total. The Kier molecular flexibility index (Phi) is 8.47. The van der Waals surface area contributed by atoms with E-state index < -0.39 is 35.6 Å². The summed E-state index contributed by atoms with van der Waals surface area (Å²) in [6, 6.07) is 19.1. The zero-order valence-electron chi connectivity index (χ0n) is 21.7. The van der Waals surface area contributed by atoms with Gasteiger partial charge in [0.2, 0.25) is 0 Å². The molecule has 0 fully saturated rings. The van der Waals surface area contributed by atoms with Crippen LogP contribution in [0.2, 0.25) is 10.0 Å². The van der Waals surface area contributed by atoms with Gasteiger partial charge in [0.15, 0.2) is 18.2 Å².